The molecule has 2 aromatic rings. The van der Waals surface area contributed by atoms with Crippen LogP contribution in [-0.2, 0) is 10.8 Å². The van der Waals surface area contributed by atoms with E-state index in [4.69, 9.17) is 11.6 Å². The van der Waals surface area contributed by atoms with Crippen LogP contribution < -0.4 is 0 Å². The molecular weight excluding hydrogens is 366 g/mol. The van der Waals surface area contributed by atoms with Gasteiger partial charge in [0.15, 0.2) is 0 Å². The highest BCUT2D eigenvalue weighted by molar-refractivity contribution is 6.30. The molecule has 0 aliphatic carbocycles. The number of likely N-dealkylation sites (tertiary alicyclic amines) is 1. The number of hydrogen-bond donors (Lipinski definition) is 1. The second kappa shape index (κ2) is 7.72. The predicted octanol–water partition coefficient (Wildman–Crippen LogP) is 6.83. The van der Waals surface area contributed by atoms with Crippen molar-refractivity contribution in [1.82, 2.24) is 4.90 Å². The lowest BCUT2D eigenvalue weighted by atomic mass is 9.77. The highest BCUT2D eigenvalue weighted by atomic mass is 35.5. The van der Waals surface area contributed by atoms with Crippen molar-refractivity contribution in [1.29, 1.82) is 0 Å². The summed E-state index contributed by atoms with van der Waals surface area (Å²) in [6, 6.07) is 12.9. The molecule has 28 heavy (non-hydrogen) atoms. The Morgan fingerprint density at radius 1 is 0.821 bits per heavy atom. The highest BCUT2D eigenvalue weighted by Gasteiger charge is 2.31. The van der Waals surface area contributed by atoms with E-state index in [1.807, 2.05) is 12.1 Å². The van der Waals surface area contributed by atoms with Crippen LogP contribution in [0.5, 0.6) is 5.75 Å². The lowest BCUT2D eigenvalue weighted by molar-refractivity contribution is 0.280. The fourth-order valence-corrected chi connectivity index (χ4v) is 4.34. The molecule has 3 heteroatoms. The van der Waals surface area contributed by atoms with Gasteiger partial charge >= 0.3 is 0 Å². The van der Waals surface area contributed by atoms with E-state index in [1.165, 1.54) is 24.0 Å². The third kappa shape index (κ3) is 4.39. The second-order valence-corrected chi connectivity index (χ2v) is 10.6. The van der Waals surface area contributed by atoms with Gasteiger partial charge in [-0.05, 0) is 83.3 Å². The van der Waals surface area contributed by atoms with Gasteiger partial charge in [-0.2, -0.15) is 0 Å². The number of benzene rings is 2. The Kier molecular flexibility index (Phi) is 5.85. The lowest BCUT2D eigenvalue weighted by Gasteiger charge is -2.33. The molecule has 1 unspecified atom stereocenters. The van der Waals surface area contributed by atoms with Crippen molar-refractivity contribution in [3.63, 3.8) is 0 Å². The van der Waals surface area contributed by atoms with Gasteiger partial charge in [0.25, 0.3) is 0 Å². The SMILES string of the molecule is CC(C)(C)c1cc(C(c2ccc(Cl)cc2)N2CCCC2)cc(C(C)(C)C)c1O. The van der Waals surface area contributed by atoms with Crippen molar-refractivity contribution in [3.8, 4) is 5.75 Å². The summed E-state index contributed by atoms with van der Waals surface area (Å²) in [5.74, 6) is 0.444. The molecule has 2 nitrogen and oxygen atoms in total. The van der Waals surface area contributed by atoms with E-state index in [0.717, 1.165) is 29.2 Å². The summed E-state index contributed by atoms with van der Waals surface area (Å²) >= 11 is 6.17. The maximum absolute atomic E-state index is 11.1. The lowest BCUT2D eigenvalue weighted by Crippen LogP contribution is -2.28. The Hall–Kier alpha value is -1.51. The molecule has 3 rings (SSSR count). The number of phenols is 1. The maximum Gasteiger partial charge on any atom is 0.123 e. The number of halogens is 1. The quantitative estimate of drug-likeness (QED) is 0.611. The standard InChI is InChI=1S/C25H34ClNO/c1-24(2,3)20-15-18(16-21(23(20)28)25(4,5)6)22(27-13-7-8-14-27)17-9-11-19(26)12-10-17/h9-12,15-16,22,28H,7-8,13-14H2,1-6H3. The van der Waals surface area contributed by atoms with Crippen molar-refractivity contribution in [2.24, 2.45) is 0 Å². The Balaban J connectivity index is 2.23. The van der Waals surface area contributed by atoms with Crippen molar-refractivity contribution in [2.75, 3.05) is 13.1 Å². The summed E-state index contributed by atoms with van der Waals surface area (Å²) in [7, 11) is 0. The molecule has 2 aromatic carbocycles. The molecule has 1 heterocycles. The predicted molar refractivity (Wildman–Crippen MR) is 120 cm³/mol. The number of rotatable bonds is 3. The fraction of sp³-hybridized carbons (Fsp3) is 0.520. The smallest absolute Gasteiger partial charge is 0.123 e. The molecule has 1 aliphatic rings. The monoisotopic (exact) mass is 399 g/mol. The zero-order valence-electron chi connectivity index (χ0n) is 18.1. The van der Waals surface area contributed by atoms with Crippen LogP contribution in [0.3, 0.4) is 0 Å². The fourth-order valence-electron chi connectivity index (χ4n) is 4.22. The number of nitrogens with zero attached hydrogens (tertiary/aromatic N) is 1. The Morgan fingerprint density at radius 3 is 1.71 bits per heavy atom. The maximum atomic E-state index is 11.1. The first-order chi connectivity index (χ1) is 13.0. The highest BCUT2D eigenvalue weighted by Crippen LogP contribution is 2.43. The van der Waals surface area contributed by atoms with E-state index in [0.29, 0.717) is 5.75 Å². The largest absolute Gasteiger partial charge is 0.507 e. The summed E-state index contributed by atoms with van der Waals surface area (Å²) in [6.07, 6.45) is 2.47. The summed E-state index contributed by atoms with van der Waals surface area (Å²) in [5.41, 5.74) is 4.31. The Bertz CT molecular complexity index is 786. The number of hydrogen-bond acceptors (Lipinski definition) is 2. The van der Waals surface area contributed by atoms with E-state index >= 15 is 0 Å². The van der Waals surface area contributed by atoms with Crippen LogP contribution >= 0.6 is 11.6 Å². The molecule has 0 saturated carbocycles. The van der Waals surface area contributed by atoms with Crippen molar-refractivity contribution >= 4 is 11.6 Å². The van der Waals surface area contributed by atoms with E-state index < -0.39 is 0 Å². The van der Waals surface area contributed by atoms with Gasteiger partial charge in [-0.3, -0.25) is 4.90 Å². The molecule has 1 atom stereocenters. The average Bonchev–Trinajstić information content (AvgIpc) is 3.10. The number of phenolic OH excluding ortho intramolecular Hbond substituents is 1. The minimum atomic E-state index is -0.129. The van der Waals surface area contributed by atoms with Gasteiger partial charge in [0.2, 0.25) is 0 Å². The molecule has 0 radical (unpaired) electrons. The third-order valence-corrected chi connectivity index (χ3v) is 6.01. The molecule has 1 aliphatic heterocycles. The van der Waals surface area contributed by atoms with E-state index in [9.17, 15) is 5.11 Å². The first-order valence-electron chi connectivity index (χ1n) is 10.4. The van der Waals surface area contributed by atoms with Gasteiger partial charge in [0, 0.05) is 5.02 Å². The van der Waals surface area contributed by atoms with Gasteiger partial charge in [-0.25, -0.2) is 0 Å². The molecule has 0 spiro atoms. The first-order valence-corrected chi connectivity index (χ1v) is 10.7. The second-order valence-electron chi connectivity index (χ2n) is 10.2. The molecule has 0 amide bonds. The molecular formula is C25H34ClNO. The van der Waals surface area contributed by atoms with Crippen molar-refractivity contribution in [3.05, 3.63) is 63.7 Å². The van der Waals surface area contributed by atoms with Gasteiger partial charge < -0.3 is 5.11 Å². The average molecular weight is 400 g/mol. The summed E-state index contributed by atoms with van der Waals surface area (Å²) in [4.78, 5) is 2.56. The van der Waals surface area contributed by atoms with E-state index in [1.54, 1.807) is 0 Å². The summed E-state index contributed by atoms with van der Waals surface area (Å²) < 4.78 is 0. The molecule has 0 aromatic heterocycles. The summed E-state index contributed by atoms with van der Waals surface area (Å²) in [5, 5.41) is 11.9. The number of aromatic hydroxyl groups is 1. The zero-order chi connectivity index (χ0) is 20.7. The van der Waals surface area contributed by atoms with Gasteiger partial charge in [0.05, 0.1) is 6.04 Å². The van der Waals surface area contributed by atoms with Crippen LogP contribution in [0.2, 0.25) is 5.02 Å². The van der Waals surface area contributed by atoms with E-state index in [2.05, 4.69) is 70.7 Å². The topological polar surface area (TPSA) is 23.5 Å². The minimum absolute atomic E-state index is 0.129. The molecule has 0 bridgehead atoms. The van der Waals surface area contributed by atoms with Crippen LogP contribution in [0, 0.1) is 0 Å². The minimum Gasteiger partial charge on any atom is -0.507 e. The van der Waals surface area contributed by atoms with Crippen LogP contribution in [0.15, 0.2) is 36.4 Å². The molecule has 1 N–H and O–H groups in total. The van der Waals surface area contributed by atoms with E-state index in [-0.39, 0.29) is 16.9 Å². The normalized spacial score (nSPS) is 17.1. The van der Waals surface area contributed by atoms with Crippen molar-refractivity contribution < 1.29 is 5.11 Å². The third-order valence-electron chi connectivity index (χ3n) is 5.76. The Morgan fingerprint density at radius 2 is 1.29 bits per heavy atom. The van der Waals surface area contributed by atoms with Crippen LogP contribution in [0.1, 0.15) is 82.7 Å². The first kappa shape index (κ1) is 21.2. The van der Waals surface area contributed by atoms with Gasteiger partial charge in [-0.1, -0.05) is 65.3 Å². The Labute approximate surface area is 175 Å². The van der Waals surface area contributed by atoms with Crippen LogP contribution in [0.25, 0.3) is 0 Å². The van der Waals surface area contributed by atoms with Crippen molar-refractivity contribution in [2.45, 2.75) is 71.3 Å². The van der Waals surface area contributed by atoms with Crippen LogP contribution in [-0.4, -0.2) is 23.1 Å². The van der Waals surface area contributed by atoms with Gasteiger partial charge in [-0.15, -0.1) is 0 Å². The van der Waals surface area contributed by atoms with Crippen LogP contribution in [0.4, 0.5) is 0 Å². The molecule has 152 valence electrons. The molecule has 1 fully saturated rings. The molecule has 1 saturated heterocycles. The summed E-state index contributed by atoms with van der Waals surface area (Å²) in [6.45, 7) is 15.2. The van der Waals surface area contributed by atoms with Gasteiger partial charge in [0.1, 0.15) is 5.75 Å². The zero-order valence-corrected chi connectivity index (χ0v) is 18.9.